The molecule has 0 radical (unpaired) electrons. The van der Waals surface area contributed by atoms with E-state index < -0.39 is 0 Å². The standard InChI is InChI=1S/C48H32N6/c1-5-15-33(16-6-1)41-31-35(45-51-43-23-13-29-49-47(43)53(45)37-19-9-3-10-20-37)25-27-39(41)40-28-26-36(32-42(40)34-17-7-2-8-18-34)46-52-44-24-14-30-50-48(44)54(46)38-21-11-4-12-22-38/h1-32H. The number of fused-ring (bicyclic) bond motifs is 2. The largest absolute Gasteiger partial charge is 0.277 e. The van der Waals surface area contributed by atoms with Crippen LogP contribution in [0, 0.1) is 0 Å². The molecule has 0 atom stereocenters. The molecule has 6 aromatic carbocycles. The lowest BCUT2D eigenvalue weighted by molar-refractivity contribution is 1.08. The summed E-state index contributed by atoms with van der Waals surface area (Å²) in [5.41, 5.74) is 14.1. The second kappa shape index (κ2) is 13.3. The highest BCUT2D eigenvalue weighted by atomic mass is 15.1. The van der Waals surface area contributed by atoms with Crippen LogP contribution >= 0.6 is 0 Å². The summed E-state index contributed by atoms with van der Waals surface area (Å²) in [7, 11) is 0. The van der Waals surface area contributed by atoms with Crippen LogP contribution in [0.15, 0.2) is 194 Å². The lowest BCUT2D eigenvalue weighted by atomic mass is 9.87. The van der Waals surface area contributed by atoms with Gasteiger partial charge >= 0.3 is 0 Å². The maximum Gasteiger partial charge on any atom is 0.164 e. The zero-order valence-corrected chi connectivity index (χ0v) is 29.2. The van der Waals surface area contributed by atoms with Crippen LogP contribution in [0.25, 0.3) is 89.9 Å². The second-order valence-corrected chi connectivity index (χ2v) is 13.2. The number of para-hydroxylation sites is 2. The van der Waals surface area contributed by atoms with Crippen LogP contribution < -0.4 is 0 Å². The highest BCUT2D eigenvalue weighted by Crippen LogP contribution is 2.42. The van der Waals surface area contributed by atoms with E-state index in [1.807, 2.05) is 73.1 Å². The molecule has 254 valence electrons. The summed E-state index contributed by atoms with van der Waals surface area (Å²) < 4.78 is 4.30. The molecule has 0 aliphatic heterocycles. The predicted molar refractivity (Wildman–Crippen MR) is 218 cm³/mol. The van der Waals surface area contributed by atoms with Crippen molar-refractivity contribution in [2.24, 2.45) is 0 Å². The normalized spacial score (nSPS) is 11.3. The molecule has 0 aliphatic rings. The average molecular weight is 693 g/mol. The highest BCUT2D eigenvalue weighted by molar-refractivity contribution is 5.95. The zero-order chi connectivity index (χ0) is 35.8. The van der Waals surface area contributed by atoms with Crippen LogP contribution in [-0.4, -0.2) is 29.1 Å². The molecule has 0 amide bonds. The lowest BCUT2D eigenvalue weighted by Crippen LogP contribution is -2.00. The summed E-state index contributed by atoms with van der Waals surface area (Å²) in [5, 5.41) is 0. The van der Waals surface area contributed by atoms with Gasteiger partial charge in [0.25, 0.3) is 0 Å². The molecular weight excluding hydrogens is 661 g/mol. The highest BCUT2D eigenvalue weighted by Gasteiger charge is 2.21. The molecule has 0 fully saturated rings. The zero-order valence-electron chi connectivity index (χ0n) is 29.2. The van der Waals surface area contributed by atoms with Gasteiger partial charge in [0.05, 0.1) is 0 Å². The third kappa shape index (κ3) is 5.45. The minimum atomic E-state index is 0.822. The van der Waals surface area contributed by atoms with Gasteiger partial charge in [0.2, 0.25) is 0 Å². The summed E-state index contributed by atoms with van der Waals surface area (Å²) in [6, 6.07) is 63.2. The van der Waals surface area contributed by atoms with Gasteiger partial charge in [-0.3, -0.25) is 9.13 Å². The summed E-state index contributed by atoms with van der Waals surface area (Å²) in [6.07, 6.45) is 3.65. The van der Waals surface area contributed by atoms with E-state index in [9.17, 15) is 0 Å². The van der Waals surface area contributed by atoms with Gasteiger partial charge in [-0.1, -0.05) is 121 Å². The Hall–Kier alpha value is -7.44. The number of aromatic nitrogens is 6. The molecule has 10 rings (SSSR count). The molecule has 0 aliphatic carbocycles. The molecule has 4 aromatic heterocycles. The van der Waals surface area contributed by atoms with Crippen LogP contribution in [-0.2, 0) is 0 Å². The Labute approximate surface area is 312 Å². The van der Waals surface area contributed by atoms with Crippen molar-refractivity contribution < 1.29 is 0 Å². The van der Waals surface area contributed by atoms with Gasteiger partial charge < -0.3 is 0 Å². The number of hydrogen-bond donors (Lipinski definition) is 0. The van der Waals surface area contributed by atoms with E-state index in [2.05, 4.69) is 130 Å². The van der Waals surface area contributed by atoms with Gasteiger partial charge in [0.15, 0.2) is 11.3 Å². The summed E-state index contributed by atoms with van der Waals surface area (Å²) in [5.74, 6) is 1.68. The van der Waals surface area contributed by atoms with Crippen molar-refractivity contribution in [1.82, 2.24) is 29.1 Å². The van der Waals surface area contributed by atoms with Crippen LogP contribution in [0.3, 0.4) is 0 Å². The number of imidazole rings is 2. The fraction of sp³-hybridized carbons (Fsp3) is 0. The van der Waals surface area contributed by atoms with Gasteiger partial charge in [-0.05, 0) is 94.0 Å². The summed E-state index contributed by atoms with van der Waals surface area (Å²) in [4.78, 5) is 19.8. The number of benzene rings is 6. The maximum absolute atomic E-state index is 5.14. The average Bonchev–Trinajstić information content (AvgIpc) is 3.84. The topological polar surface area (TPSA) is 61.4 Å². The van der Waals surface area contributed by atoms with Gasteiger partial charge in [-0.15, -0.1) is 0 Å². The molecule has 54 heavy (non-hydrogen) atoms. The number of hydrogen-bond acceptors (Lipinski definition) is 4. The fourth-order valence-corrected chi connectivity index (χ4v) is 7.40. The molecule has 0 bridgehead atoms. The maximum atomic E-state index is 5.14. The molecule has 6 heteroatoms. The Morgan fingerprint density at radius 3 is 1.11 bits per heavy atom. The van der Waals surface area contributed by atoms with E-state index >= 15 is 0 Å². The SMILES string of the molecule is c1ccc(-c2cc(-c3nc4cccnc4n3-c3ccccc3)ccc2-c2ccc(-c3nc4cccnc4n3-c3ccccc3)cc2-c2ccccc2)cc1. The Morgan fingerprint density at radius 1 is 0.315 bits per heavy atom. The number of pyridine rings is 2. The fourth-order valence-electron chi connectivity index (χ4n) is 7.40. The quantitative estimate of drug-likeness (QED) is 0.167. The smallest absolute Gasteiger partial charge is 0.164 e. The monoisotopic (exact) mass is 692 g/mol. The Kier molecular flexibility index (Phi) is 7.69. The van der Waals surface area contributed by atoms with Crippen LogP contribution in [0.5, 0.6) is 0 Å². The lowest BCUT2D eigenvalue weighted by Gasteiger charge is -2.18. The van der Waals surface area contributed by atoms with E-state index in [0.717, 1.165) is 89.9 Å². The Balaban J connectivity index is 1.20. The minimum absolute atomic E-state index is 0.822. The Morgan fingerprint density at radius 2 is 0.704 bits per heavy atom. The van der Waals surface area contributed by atoms with E-state index in [0.29, 0.717) is 0 Å². The molecule has 4 heterocycles. The number of rotatable bonds is 7. The minimum Gasteiger partial charge on any atom is -0.277 e. The van der Waals surface area contributed by atoms with Gasteiger partial charge in [0, 0.05) is 34.9 Å². The molecule has 0 saturated carbocycles. The first-order chi connectivity index (χ1) is 26.8. The first kappa shape index (κ1) is 31.3. The van der Waals surface area contributed by atoms with Crippen molar-refractivity contribution in [3.8, 4) is 67.5 Å². The third-order valence-corrected chi connectivity index (χ3v) is 9.88. The Bertz CT molecular complexity index is 2710. The molecule has 10 aromatic rings. The van der Waals surface area contributed by atoms with E-state index in [1.165, 1.54) is 0 Å². The van der Waals surface area contributed by atoms with Crippen molar-refractivity contribution in [2.45, 2.75) is 0 Å². The molecule has 0 spiro atoms. The van der Waals surface area contributed by atoms with Crippen molar-refractivity contribution in [1.29, 1.82) is 0 Å². The molecule has 0 unspecified atom stereocenters. The van der Waals surface area contributed by atoms with Crippen LogP contribution in [0.1, 0.15) is 0 Å². The predicted octanol–water partition coefficient (Wildman–Crippen LogP) is 11.5. The number of nitrogens with zero attached hydrogens (tertiary/aromatic N) is 6. The van der Waals surface area contributed by atoms with Gasteiger partial charge in [-0.25, -0.2) is 19.9 Å². The third-order valence-electron chi connectivity index (χ3n) is 9.88. The van der Waals surface area contributed by atoms with E-state index in [-0.39, 0.29) is 0 Å². The first-order valence-electron chi connectivity index (χ1n) is 18.0. The van der Waals surface area contributed by atoms with Gasteiger partial charge in [-0.2, -0.15) is 0 Å². The molecule has 0 N–H and O–H groups in total. The molecular formula is C48H32N6. The second-order valence-electron chi connectivity index (χ2n) is 13.2. The van der Waals surface area contributed by atoms with E-state index in [4.69, 9.17) is 19.9 Å². The van der Waals surface area contributed by atoms with Crippen LogP contribution in [0.2, 0.25) is 0 Å². The molecule has 0 saturated heterocycles. The van der Waals surface area contributed by atoms with Crippen molar-refractivity contribution in [3.05, 3.63) is 194 Å². The van der Waals surface area contributed by atoms with Crippen LogP contribution in [0.4, 0.5) is 0 Å². The van der Waals surface area contributed by atoms with E-state index in [1.54, 1.807) is 0 Å². The summed E-state index contributed by atoms with van der Waals surface area (Å²) >= 11 is 0. The first-order valence-corrected chi connectivity index (χ1v) is 18.0. The summed E-state index contributed by atoms with van der Waals surface area (Å²) in [6.45, 7) is 0. The van der Waals surface area contributed by atoms with Gasteiger partial charge in [0.1, 0.15) is 22.7 Å². The molecule has 6 nitrogen and oxygen atoms in total. The van der Waals surface area contributed by atoms with Crippen molar-refractivity contribution in [2.75, 3.05) is 0 Å². The van der Waals surface area contributed by atoms with Crippen molar-refractivity contribution >= 4 is 22.3 Å². The van der Waals surface area contributed by atoms with Crippen molar-refractivity contribution in [3.63, 3.8) is 0 Å².